The third kappa shape index (κ3) is 2.05. The molecule has 0 bridgehead atoms. The van der Waals surface area contributed by atoms with Gasteiger partial charge >= 0.3 is 0 Å². The van der Waals surface area contributed by atoms with E-state index in [1.165, 1.54) is 0 Å². The fourth-order valence-electron chi connectivity index (χ4n) is 2.08. The SMILES string of the molecule is CC(C1=CCCC1)S(=O)(=O)c1ccccc1. The van der Waals surface area contributed by atoms with Gasteiger partial charge in [-0.15, -0.1) is 0 Å². The van der Waals surface area contributed by atoms with E-state index >= 15 is 0 Å². The molecule has 3 heteroatoms. The summed E-state index contributed by atoms with van der Waals surface area (Å²) in [5.74, 6) is 0. The molecule has 0 aromatic heterocycles. The molecule has 0 spiro atoms. The summed E-state index contributed by atoms with van der Waals surface area (Å²) in [4.78, 5) is 0.426. The van der Waals surface area contributed by atoms with Crippen LogP contribution in [0.2, 0.25) is 0 Å². The lowest BCUT2D eigenvalue weighted by Gasteiger charge is -2.14. The van der Waals surface area contributed by atoms with Crippen LogP contribution in [-0.2, 0) is 9.84 Å². The van der Waals surface area contributed by atoms with Gasteiger partial charge in [0.1, 0.15) is 0 Å². The molecular weight excluding hydrogens is 220 g/mol. The minimum Gasteiger partial charge on any atom is -0.223 e. The Labute approximate surface area is 96.9 Å². The Kier molecular flexibility index (Phi) is 3.15. The average molecular weight is 236 g/mol. The highest BCUT2D eigenvalue weighted by atomic mass is 32.2. The lowest BCUT2D eigenvalue weighted by atomic mass is 10.2. The molecule has 86 valence electrons. The summed E-state index contributed by atoms with van der Waals surface area (Å²) >= 11 is 0. The van der Waals surface area contributed by atoms with Gasteiger partial charge in [0.2, 0.25) is 0 Å². The van der Waals surface area contributed by atoms with Crippen molar-refractivity contribution in [1.29, 1.82) is 0 Å². The van der Waals surface area contributed by atoms with Gasteiger partial charge in [0.05, 0.1) is 10.1 Å². The fourth-order valence-corrected chi connectivity index (χ4v) is 3.64. The van der Waals surface area contributed by atoms with Crippen LogP contribution in [0.25, 0.3) is 0 Å². The van der Waals surface area contributed by atoms with Crippen LogP contribution in [0.1, 0.15) is 26.2 Å². The monoisotopic (exact) mass is 236 g/mol. The molecule has 0 saturated heterocycles. The molecule has 2 nitrogen and oxygen atoms in total. The van der Waals surface area contributed by atoms with Crippen LogP contribution in [-0.4, -0.2) is 13.7 Å². The first-order valence-corrected chi connectivity index (χ1v) is 7.15. The van der Waals surface area contributed by atoms with E-state index in [-0.39, 0.29) is 5.25 Å². The van der Waals surface area contributed by atoms with Crippen molar-refractivity contribution in [3.63, 3.8) is 0 Å². The molecule has 0 N–H and O–H groups in total. The van der Waals surface area contributed by atoms with Crippen molar-refractivity contribution in [2.75, 3.05) is 0 Å². The van der Waals surface area contributed by atoms with E-state index in [1.807, 2.05) is 6.07 Å². The predicted molar refractivity (Wildman–Crippen MR) is 65.0 cm³/mol. The summed E-state index contributed by atoms with van der Waals surface area (Å²) in [7, 11) is -3.19. The van der Waals surface area contributed by atoms with Gasteiger partial charge in [-0.2, -0.15) is 0 Å². The van der Waals surface area contributed by atoms with Crippen molar-refractivity contribution in [2.24, 2.45) is 0 Å². The number of benzene rings is 1. The Hall–Kier alpha value is -1.09. The Morgan fingerprint density at radius 1 is 1.19 bits per heavy atom. The standard InChI is InChI=1S/C13H16O2S/c1-11(12-7-5-6-8-12)16(14,15)13-9-3-2-4-10-13/h2-4,7,9-11H,5-6,8H2,1H3. The first-order chi connectivity index (χ1) is 7.62. The predicted octanol–water partition coefficient (Wildman–Crippen LogP) is 2.96. The van der Waals surface area contributed by atoms with Crippen molar-refractivity contribution in [3.05, 3.63) is 42.0 Å². The molecule has 16 heavy (non-hydrogen) atoms. The van der Waals surface area contributed by atoms with Gasteiger partial charge in [0.25, 0.3) is 0 Å². The number of rotatable bonds is 3. The smallest absolute Gasteiger partial charge is 0.184 e. The summed E-state index contributed by atoms with van der Waals surface area (Å²) in [6.45, 7) is 1.79. The maximum Gasteiger partial charge on any atom is 0.184 e. The Morgan fingerprint density at radius 3 is 2.44 bits per heavy atom. The van der Waals surface area contributed by atoms with Gasteiger partial charge in [0, 0.05) is 0 Å². The second kappa shape index (κ2) is 4.42. The van der Waals surface area contributed by atoms with Crippen LogP contribution in [0.4, 0.5) is 0 Å². The Balaban J connectivity index is 2.33. The van der Waals surface area contributed by atoms with Crippen molar-refractivity contribution in [1.82, 2.24) is 0 Å². The molecule has 1 unspecified atom stereocenters. The molecule has 0 amide bonds. The molecule has 1 aliphatic rings. The summed E-state index contributed by atoms with van der Waals surface area (Å²) in [6.07, 6.45) is 5.10. The van der Waals surface area contributed by atoms with Crippen LogP contribution < -0.4 is 0 Å². The van der Waals surface area contributed by atoms with E-state index in [2.05, 4.69) is 6.08 Å². The quantitative estimate of drug-likeness (QED) is 0.756. The first-order valence-electron chi connectivity index (χ1n) is 5.60. The third-order valence-corrected chi connectivity index (χ3v) is 5.30. The van der Waals surface area contributed by atoms with Gasteiger partial charge < -0.3 is 0 Å². The second-order valence-electron chi connectivity index (χ2n) is 4.17. The normalized spacial score (nSPS) is 18.2. The molecule has 0 radical (unpaired) electrons. The molecule has 0 fully saturated rings. The highest BCUT2D eigenvalue weighted by molar-refractivity contribution is 7.92. The zero-order valence-corrected chi connectivity index (χ0v) is 10.2. The van der Waals surface area contributed by atoms with Crippen LogP contribution in [0.5, 0.6) is 0 Å². The minimum atomic E-state index is -3.19. The molecule has 0 heterocycles. The third-order valence-electron chi connectivity index (χ3n) is 3.14. The topological polar surface area (TPSA) is 34.1 Å². The maximum atomic E-state index is 12.3. The lowest BCUT2D eigenvalue weighted by molar-refractivity contribution is 0.588. The minimum absolute atomic E-state index is 0.377. The van der Waals surface area contributed by atoms with Crippen LogP contribution in [0.3, 0.4) is 0 Å². The van der Waals surface area contributed by atoms with Crippen molar-refractivity contribution < 1.29 is 8.42 Å². The Morgan fingerprint density at radius 2 is 1.88 bits per heavy atom. The van der Waals surface area contributed by atoms with E-state index in [4.69, 9.17) is 0 Å². The Bertz CT molecular complexity index is 486. The van der Waals surface area contributed by atoms with Gasteiger partial charge in [0.15, 0.2) is 9.84 Å². The summed E-state index contributed by atoms with van der Waals surface area (Å²) in [5.41, 5.74) is 1.07. The van der Waals surface area contributed by atoms with Gasteiger partial charge in [-0.1, -0.05) is 29.8 Å². The van der Waals surface area contributed by atoms with Gasteiger partial charge in [-0.25, -0.2) is 8.42 Å². The van der Waals surface area contributed by atoms with E-state index < -0.39 is 9.84 Å². The lowest BCUT2D eigenvalue weighted by Crippen LogP contribution is -2.19. The number of allylic oxidation sites excluding steroid dienone is 1. The summed E-state index contributed by atoms with van der Waals surface area (Å²) in [6, 6.07) is 8.70. The molecule has 0 saturated carbocycles. The zero-order chi connectivity index (χ0) is 11.6. The molecule has 1 atom stereocenters. The van der Waals surface area contributed by atoms with E-state index in [9.17, 15) is 8.42 Å². The molecule has 1 aromatic rings. The van der Waals surface area contributed by atoms with Crippen LogP contribution >= 0.6 is 0 Å². The molecule has 2 rings (SSSR count). The summed E-state index contributed by atoms with van der Waals surface area (Å²) in [5, 5.41) is -0.377. The number of sulfone groups is 1. The molecule has 0 aliphatic heterocycles. The van der Waals surface area contributed by atoms with Crippen LogP contribution in [0, 0.1) is 0 Å². The fraction of sp³-hybridized carbons (Fsp3) is 0.385. The van der Waals surface area contributed by atoms with Gasteiger partial charge in [-0.05, 0) is 38.3 Å². The highest BCUT2D eigenvalue weighted by Gasteiger charge is 2.27. The molecule has 1 aromatic carbocycles. The number of hydrogen-bond acceptors (Lipinski definition) is 2. The summed E-state index contributed by atoms with van der Waals surface area (Å²) < 4.78 is 24.6. The van der Waals surface area contributed by atoms with E-state index in [1.54, 1.807) is 31.2 Å². The van der Waals surface area contributed by atoms with Crippen molar-refractivity contribution in [3.8, 4) is 0 Å². The maximum absolute atomic E-state index is 12.3. The average Bonchev–Trinajstić information content (AvgIpc) is 2.82. The molecule has 1 aliphatic carbocycles. The largest absolute Gasteiger partial charge is 0.223 e. The van der Waals surface area contributed by atoms with Crippen LogP contribution in [0.15, 0.2) is 46.9 Å². The molecular formula is C13H16O2S. The number of hydrogen-bond donors (Lipinski definition) is 0. The van der Waals surface area contributed by atoms with E-state index in [0.29, 0.717) is 4.90 Å². The van der Waals surface area contributed by atoms with E-state index in [0.717, 1.165) is 24.8 Å². The van der Waals surface area contributed by atoms with Crippen molar-refractivity contribution in [2.45, 2.75) is 36.3 Å². The zero-order valence-electron chi connectivity index (χ0n) is 9.39. The first kappa shape index (κ1) is 11.4. The highest BCUT2D eigenvalue weighted by Crippen LogP contribution is 2.28. The second-order valence-corrected chi connectivity index (χ2v) is 6.44. The van der Waals surface area contributed by atoms with Crippen molar-refractivity contribution >= 4 is 9.84 Å². The van der Waals surface area contributed by atoms with Gasteiger partial charge in [-0.3, -0.25) is 0 Å².